The van der Waals surface area contributed by atoms with E-state index in [0.29, 0.717) is 0 Å². The summed E-state index contributed by atoms with van der Waals surface area (Å²) in [6, 6.07) is 3.56. The predicted molar refractivity (Wildman–Crippen MR) is 46.2 cm³/mol. The number of carbonyl (C=O) groups is 1. The number of hydrazine groups is 1. The van der Waals surface area contributed by atoms with E-state index in [2.05, 4.69) is 0 Å². The van der Waals surface area contributed by atoms with Crippen LogP contribution in [0.4, 0.5) is 14.5 Å². The zero-order chi connectivity index (χ0) is 10.7. The number of anilines is 1. The first-order chi connectivity index (χ1) is 6.57. The summed E-state index contributed by atoms with van der Waals surface area (Å²) < 4.78 is 24.7. The van der Waals surface area contributed by atoms with Gasteiger partial charge in [-0.3, -0.25) is 5.84 Å². The van der Waals surface area contributed by atoms with Crippen LogP contribution >= 0.6 is 0 Å². The van der Waals surface area contributed by atoms with E-state index >= 15 is 0 Å². The second kappa shape index (κ2) is 4.01. The summed E-state index contributed by atoms with van der Waals surface area (Å²) in [6.45, 7) is 0. The van der Waals surface area contributed by atoms with Crippen LogP contribution in [0.1, 0.15) is 22.3 Å². The summed E-state index contributed by atoms with van der Waals surface area (Å²) in [7, 11) is 0. The third-order valence-corrected chi connectivity index (χ3v) is 1.71. The minimum atomic E-state index is -2.76. The molecule has 0 unspecified atom stereocenters. The van der Waals surface area contributed by atoms with Crippen LogP contribution in [-0.4, -0.2) is 11.1 Å². The molecule has 14 heavy (non-hydrogen) atoms. The first kappa shape index (κ1) is 10.4. The lowest BCUT2D eigenvalue weighted by Crippen LogP contribution is -2.14. The quantitative estimate of drug-likeness (QED) is 0.514. The largest absolute Gasteiger partial charge is 0.478 e. The Balaban J connectivity index is 3.32. The van der Waals surface area contributed by atoms with E-state index in [9.17, 15) is 13.6 Å². The van der Waals surface area contributed by atoms with Gasteiger partial charge in [-0.2, -0.15) is 0 Å². The molecule has 4 nitrogen and oxygen atoms in total. The molecule has 0 amide bonds. The van der Waals surface area contributed by atoms with Crippen LogP contribution < -0.4 is 11.3 Å². The van der Waals surface area contributed by atoms with Gasteiger partial charge in [-0.1, -0.05) is 12.1 Å². The molecule has 0 fully saturated rings. The smallest absolute Gasteiger partial charge is 0.337 e. The Morgan fingerprint density at radius 3 is 2.57 bits per heavy atom. The highest BCUT2D eigenvalue weighted by Crippen LogP contribution is 2.29. The molecule has 0 atom stereocenters. The third kappa shape index (κ3) is 1.80. The topological polar surface area (TPSA) is 75.3 Å². The lowest BCUT2D eigenvalue weighted by Gasteiger charge is -2.10. The van der Waals surface area contributed by atoms with Gasteiger partial charge in [0.2, 0.25) is 0 Å². The number of nitrogens with two attached hydrogens (primary N) is 1. The molecular weight excluding hydrogens is 194 g/mol. The Bertz CT molecular complexity index is 355. The number of aromatic carboxylic acids is 1. The molecule has 1 aromatic rings. The minimum Gasteiger partial charge on any atom is -0.478 e. The van der Waals surface area contributed by atoms with Gasteiger partial charge in [0, 0.05) is 5.56 Å². The maximum Gasteiger partial charge on any atom is 0.337 e. The van der Waals surface area contributed by atoms with Gasteiger partial charge in [0.25, 0.3) is 6.43 Å². The monoisotopic (exact) mass is 202 g/mol. The number of halogens is 2. The van der Waals surface area contributed by atoms with E-state index in [4.69, 9.17) is 10.9 Å². The lowest BCUT2D eigenvalue weighted by atomic mass is 10.1. The van der Waals surface area contributed by atoms with Crippen molar-refractivity contribution in [3.8, 4) is 0 Å². The maximum absolute atomic E-state index is 12.4. The molecule has 0 bridgehead atoms. The van der Waals surface area contributed by atoms with Crippen molar-refractivity contribution in [2.45, 2.75) is 6.43 Å². The Labute approximate surface area is 78.3 Å². The molecule has 0 aromatic heterocycles. The fourth-order valence-electron chi connectivity index (χ4n) is 1.09. The number of carboxylic acid groups (broad SMARTS) is 1. The SMILES string of the molecule is NNc1c(C(=O)O)cccc1C(F)F. The first-order valence-corrected chi connectivity index (χ1v) is 3.69. The van der Waals surface area contributed by atoms with E-state index in [1.807, 2.05) is 5.43 Å². The second-order valence-electron chi connectivity index (χ2n) is 2.52. The number of hydrogen-bond acceptors (Lipinski definition) is 3. The summed E-state index contributed by atoms with van der Waals surface area (Å²) in [5.41, 5.74) is 1.01. The Morgan fingerprint density at radius 2 is 2.14 bits per heavy atom. The van der Waals surface area contributed by atoms with Crippen LogP contribution in [0.15, 0.2) is 18.2 Å². The van der Waals surface area contributed by atoms with Gasteiger partial charge in [0.05, 0.1) is 11.3 Å². The zero-order valence-electron chi connectivity index (χ0n) is 7.00. The molecule has 6 heteroatoms. The second-order valence-corrected chi connectivity index (χ2v) is 2.52. The van der Waals surface area contributed by atoms with Crippen molar-refractivity contribution in [2.75, 3.05) is 5.43 Å². The molecule has 0 spiro atoms. The standard InChI is InChI=1S/C8H8F2N2O2/c9-7(10)4-2-1-3-5(8(13)14)6(4)12-11/h1-3,7,12H,11H2,(H,13,14). The summed E-state index contributed by atoms with van der Waals surface area (Å²) >= 11 is 0. The molecule has 0 saturated carbocycles. The van der Waals surface area contributed by atoms with Crippen LogP contribution in [0.2, 0.25) is 0 Å². The van der Waals surface area contributed by atoms with Crippen LogP contribution in [0.25, 0.3) is 0 Å². The van der Waals surface area contributed by atoms with E-state index in [1.165, 1.54) is 12.1 Å². The molecule has 76 valence electrons. The van der Waals surface area contributed by atoms with Gasteiger partial charge >= 0.3 is 5.97 Å². The summed E-state index contributed by atoms with van der Waals surface area (Å²) in [4.78, 5) is 10.6. The molecule has 0 aliphatic rings. The number of carboxylic acids is 1. The van der Waals surface area contributed by atoms with Crippen molar-refractivity contribution in [1.29, 1.82) is 0 Å². The van der Waals surface area contributed by atoms with Crippen LogP contribution in [0, 0.1) is 0 Å². The van der Waals surface area contributed by atoms with E-state index < -0.39 is 18.0 Å². The van der Waals surface area contributed by atoms with Crippen molar-refractivity contribution in [3.05, 3.63) is 29.3 Å². The molecule has 1 rings (SSSR count). The van der Waals surface area contributed by atoms with Crippen LogP contribution in [0.5, 0.6) is 0 Å². The molecule has 0 heterocycles. The molecule has 0 aliphatic heterocycles. The first-order valence-electron chi connectivity index (χ1n) is 3.69. The van der Waals surface area contributed by atoms with Crippen molar-refractivity contribution in [3.63, 3.8) is 0 Å². The third-order valence-electron chi connectivity index (χ3n) is 1.71. The number of nitrogen functional groups attached to an aromatic ring is 1. The fraction of sp³-hybridized carbons (Fsp3) is 0.125. The fourth-order valence-corrected chi connectivity index (χ4v) is 1.09. The normalized spacial score (nSPS) is 10.3. The van der Waals surface area contributed by atoms with Crippen LogP contribution in [0.3, 0.4) is 0 Å². The van der Waals surface area contributed by atoms with Crippen LogP contribution in [-0.2, 0) is 0 Å². The van der Waals surface area contributed by atoms with Gasteiger partial charge in [0.15, 0.2) is 0 Å². The van der Waals surface area contributed by atoms with Crippen molar-refractivity contribution in [1.82, 2.24) is 0 Å². The summed E-state index contributed by atoms with van der Waals surface area (Å²) in [5, 5.41) is 8.66. The summed E-state index contributed by atoms with van der Waals surface area (Å²) in [6.07, 6.45) is -2.76. The van der Waals surface area contributed by atoms with Gasteiger partial charge < -0.3 is 10.5 Å². The van der Waals surface area contributed by atoms with E-state index in [1.54, 1.807) is 0 Å². The number of rotatable bonds is 3. The average molecular weight is 202 g/mol. The molecule has 0 saturated heterocycles. The molecule has 1 aromatic carbocycles. The number of alkyl halides is 2. The number of benzene rings is 1. The highest BCUT2D eigenvalue weighted by atomic mass is 19.3. The molecular formula is C8H8F2N2O2. The minimum absolute atomic E-state index is 0.255. The molecule has 0 aliphatic carbocycles. The Hall–Kier alpha value is -1.69. The van der Waals surface area contributed by atoms with E-state index in [-0.39, 0.29) is 11.3 Å². The molecule has 0 radical (unpaired) electrons. The highest BCUT2D eigenvalue weighted by molar-refractivity contribution is 5.95. The van der Waals surface area contributed by atoms with Gasteiger partial charge in [-0.05, 0) is 6.07 Å². The van der Waals surface area contributed by atoms with Crippen molar-refractivity contribution >= 4 is 11.7 Å². The molecule has 4 N–H and O–H groups in total. The summed E-state index contributed by atoms with van der Waals surface area (Å²) in [5.74, 6) is 3.68. The maximum atomic E-state index is 12.4. The average Bonchev–Trinajstić information content (AvgIpc) is 2.16. The Morgan fingerprint density at radius 1 is 1.50 bits per heavy atom. The van der Waals surface area contributed by atoms with Gasteiger partial charge in [0.1, 0.15) is 0 Å². The lowest BCUT2D eigenvalue weighted by molar-refractivity contribution is 0.0697. The van der Waals surface area contributed by atoms with Gasteiger partial charge in [-0.25, -0.2) is 13.6 Å². The van der Waals surface area contributed by atoms with Gasteiger partial charge in [-0.15, -0.1) is 0 Å². The van der Waals surface area contributed by atoms with Crippen molar-refractivity contribution in [2.24, 2.45) is 5.84 Å². The Kier molecular flexibility index (Phi) is 2.98. The number of para-hydroxylation sites is 1. The highest BCUT2D eigenvalue weighted by Gasteiger charge is 2.18. The van der Waals surface area contributed by atoms with E-state index in [0.717, 1.165) is 6.07 Å². The zero-order valence-corrected chi connectivity index (χ0v) is 7.00. The van der Waals surface area contributed by atoms with Crippen molar-refractivity contribution < 1.29 is 18.7 Å². The number of hydrogen-bond donors (Lipinski definition) is 3. The predicted octanol–water partition coefficient (Wildman–Crippen LogP) is 1.61. The number of nitrogens with one attached hydrogen (secondary N) is 1.